The molecule has 0 spiro atoms. The molecule has 1 amide bonds. The fraction of sp³-hybridized carbons (Fsp3) is 0.607. The van der Waals surface area contributed by atoms with Crippen LogP contribution in [0.1, 0.15) is 54.7 Å². The summed E-state index contributed by atoms with van der Waals surface area (Å²) in [6, 6.07) is 4.79. The van der Waals surface area contributed by atoms with Crippen LogP contribution in [0.15, 0.2) is 41.0 Å². The molecule has 1 aliphatic heterocycles. The van der Waals surface area contributed by atoms with E-state index in [0.29, 0.717) is 18.9 Å². The highest BCUT2D eigenvalue weighted by Crippen LogP contribution is 2.44. The molecule has 2 fully saturated rings. The van der Waals surface area contributed by atoms with E-state index in [0.717, 1.165) is 36.5 Å². The number of methoxy groups -OCH3 is 1. The Morgan fingerprint density at radius 1 is 1.27 bits per heavy atom. The molecule has 1 aromatic heterocycles. The van der Waals surface area contributed by atoms with Crippen LogP contribution in [0, 0.1) is 17.8 Å². The van der Waals surface area contributed by atoms with E-state index in [1.54, 1.807) is 31.6 Å². The molecule has 1 saturated carbocycles. The standard InChI is InChI=1S/C28H37F3N4O4S/c1-3-39-35-23(17-5-4-6-20(12-17)28(29,30)31)7-8-25(36)34-24-15-32-14-22(24)18-11-19(16-38-2)26(37)21(13-18)27-33-9-10-40-27/h4-6,9-10,12,18-19,21-22,24,26,32,37H,3,7-8,11,13-16H2,1-2H3,(H,34,36)/b35-23+/t18?,19?,21?,22?,24-,26?/m0/s1. The summed E-state index contributed by atoms with van der Waals surface area (Å²) in [6.07, 6.45) is -1.51. The third-order valence-electron chi connectivity index (χ3n) is 7.84. The minimum absolute atomic E-state index is 0.0283. The molecule has 5 unspecified atom stereocenters. The van der Waals surface area contributed by atoms with Crippen molar-refractivity contribution in [3.8, 4) is 0 Å². The molecule has 3 N–H and O–H groups in total. The summed E-state index contributed by atoms with van der Waals surface area (Å²) in [5.41, 5.74) is -0.215. The summed E-state index contributed by atoms with van der Waals surface area (Å²) in [5, 5.41) is 24.5. The van der Waals surface area contributed by atoms with Crippen LogP contribution in [0.4, 0.5) is 13.2 Å². The van der Waals surface area contributed by atoms with Gasteiger partial charge in [0.05, 0.1) is 29.0 Å². The van der Waals surface area contributed by atoms with Crippen LogP contribution in [0.25, 0.3) is 0 Å². The number of hydrogen-bond acceptors (Lipinski definition) is 8. The number of halogens is 3. The minimum Gasteiger partial charge on any atom is -0.396 e. The van der Waals surface area contributed by atoms with Crippen molar-refractivity contribution in [1.82, 2.24) is 15.6 Å². The summed E-state index contributed by atoms with van der Waals surface area (Å²) >= 11 is 1.54. The van der Waals surface area contributed by atoms with Gasteiger partial charge in [-0.15, -0.1) is 11.3 Å². The smallest absolute Gasteiger partial charge is 0.396 e. The van der Waals surface area contributed by atoms with Gasteiger partial charge in [-0.1, -0.05) is 17.3 Å². The molecule has 1 aliphatic carbocycles. The number of aliphatic hydroxyl groups excluding tert-OH is 1. The lowest BCUT2D eigenvalue weighted by Crippen LogP contribution is -2.46. The van der Waals surface area contributed by atoms with E-state index in [4.69, 9.17) is 9.57 Å². The number of aliphatic hydroxyl groups is 1. The largest absolute Gasteiger partial charge is 0.416 e. The second-order valence-electron chi connectivity index (χ2n) is 10.4. The zero-order valence-corrected chi connectivity index (χ0v) is 23.5. The quantitative estimate of drug-likeness (QED) is 0.271. The number of carbonyl (C=O) groups excluding carboxylic acids is 1. The second kappa shape index (κ2) is 13.9. The molecule has 0 bridgehead atoms. The third kappa shape index (κ3) is 7.59. The van der Waals surface area contributed by atoms with E-state index in [-0.39, 0.29) is 60.6 Å². The first-order valence-corrected chi connectivity index (χ1v) is 14.5. The highest BCUT2D eigenvalue weighted by molar-refractivity contribution is 7.09. The van der Waals surface area contributed by atoms with Crippen molar-refractivity contribution >= 4 is 23.0 Å². The summed E-state index contributed by atoms with van der Waals surface area (Å²) in [4.78, 5) is 22.7. The van der Waals surface area contributed by atoms with Gasteiger partial charge in [0.1, 0.15) is 6.61 Å². The first kappa shape index (κ1) is 30.4. The number of nitrogens with zero attached hydrogens (tertiary/aromatic N) is 2. The molecule has 2 aliphatic rings. The second-order valence-corrected chi connectivity index (χ2v) is 11.4. The van der Waals surface area contributed by atoms with Gasteiger partial charge in [-0.25, -0.2) is 4.98 Å². The van der Waals surface area contributed by atoms with E-state index < -0.39 is 17.8 Å². The lowest BCUT2D eigenvalue weighted by atomic mass is 9.68. The Balaban J connectivity index is 1.41. The number of nitrogens with one attached hydrogen (secondary N) is 2. The molecule has 6 atom stereocenters. The fourth-order valence-electron chi connectivity index (χ4n) is 5.94. The zero-order chi connectivity index (χ0) is 28.7. The van der Waals surface area contributed by atoms with Gasteiger partial charge in [0.15, 0.2) is 0 Å². The van der Waals surface area contributed by atoms with Gasteiger partial charge in [-0.05, 0) is 49.3 Å². The van der Waals surface area contributed by atoms with Crippen molar-refractivity contribution in [2.24, 2.45) is 22.9 Å². The molecule has 2 aromatic rings. The van der Waals surface area contributed by atoms with E-state index in [1.165, 1.54) is 12.1 Å². The maximum absolute atomic E-state index is 13.2. The van der Waals surface area contributed by atoms with Crippen LogP contribution in [-0.2, 0) is 20.5 Å². The SMILES string of the molecule is CCO/N=C(\CCC(=O)N[C@H]1CNCC1C1CC(COC)C(O)C(c2nccs2)C1)c1cccc(C(F)(F)F)c1. The van der Waals surface area contributed by atoms with Gasteiger partial charge in [-0.3, -0.25) is 4.79 Å². The van der Waals surface area contributed by atoms with Gasteiger partial charge < -0.3 is 25.3 Å². The normalized spacial score (nSPS) is 27.5. The number of hydrogen-bond donors (Lipinski definition) is 3. The van der Waals surface area contributed by atoms with Gasteiger partial charge >= 0.3 is 6.18 Å². The van der Waals surface area contributed by atoms with E-state index in [1.807, 2.05) is 5.38 Å². The molecule has 1 aromatic carbocycles. The van der Waals surface area contributed by atoms with E-state index in [9.17, 15) is 23.1 Å². The van der Waals surface area contributed by atoms with Gasteiger partial charge in [-0.2, -0.15) is 13.2 Å². The van der Waals surface area contributed by atoms with Crippen LogP contribution in [0.3, 0.4) is 0 Å². The van der Waals surface area contributed by atoms with Crippen molar-refractivity contribution in [2.75, 3.05) is 33.4 Å². The van der Waals surface area contributed by atoms with Crippen LogP contribution in [0.5, 0.6) is 0 Å². The number of amides is 1. The monoisotopic (exact) mass is 582 g/mol. The summed E-state index contributed by atoms with van der Waals surface area (Å²) in [5.74, 6) is 0.104. The molecule has 4 rings (SSSR count). The first-order chi connectivity index (χ1) is 19.2. The first-order valence-electron chi connectivity index (χ1n) is 13.6. The Bertz CT molecular complexity index is 1130. The van der Waals surface area contributed by atoms with Crippen molar-refractivity contribution in [2.45, 2.75) is 56.8 Å². The van der Waals surface area contributed by atoms with Gasteiger partial charge in [0.2, 0.25) is 5.91 Å². The Morgan fingerprint density at radius 3 is 2.80 bits per heavy atom. The van der Waals surface area contributed by atoms with Crippen LogP contribution in [0.2, 0.25) is 0 Å². The highest BCUT2D eigenvalue weighted by Gasteiger charge is 2.44. The van der Waals surface area contributed by atoms with E-state index in [2.05, 4.69) is 20.8 Å². The molecule has 8 nitrogen and oxygen atoms in total. The molecule has 2 heterocycles. The number of thiazole rings is 1. The molecule has 40 heavy (non-hydrogen) atoms. The van der Waals surface area contributed by atoms with Crippen molar-refractivity contribution < 1.29 is 32.6 Å². The number of aromatic nitrogens is 1. The molecule has 220 valence electrons. The number of oxime groups is 1. The van der Waals surface area contributed by atoms with Crippen LogP contribution < -0.4 is 10.6 Å². The summed E-state index contributed by atoms with van der Waals surface area (Å²) < 4.78 is 45.1. The third-order valence-corrected chi connectivity index (χ3v) is 8.74. The molecule has 1 saturated heterocycles. The van der Waals surface area contributed by atoms with Crippen molar-refractivity contribution in [3.05, 3.63) is 52.0 Å². The molecular formula is C28H37F3N4O4S. The lowest BCUT2D eigenvalue weighted by Gasteiger charge is -2.41. The summed E-state index contributed by atoms with van der Waals surface area (Å²) in [6.45, 7) is 3.81. The molecule has 0 radical (unpaired) electrons. The topological polar surface area (TPSA) is 105 Å². The highest BCUT2D eigenvalue weighted by atomic mass is 32.1. The van der Waals surface area contributed by atoms with Gasteiger partial charge in [0, 0.05) is 62.5 Å². The van der Waals surface area contributed by atoms with Crippen molar-refractivity contribution in [1.29, 1.82) is 0 Å². The van der Waals surface area contributed by atoms with Crippen LogP contribution >= 0.6 is 11.3 Å². The predicted octanol–water partition coefficient (Wildman–Crippen LogP) is 4.20. The Morgan fingerprint density at radius 2 is 2.10 bits per heavy atom. The molecular weight excluding hydrogens is 545 g/mol. The maximum Gasteiger partial charge on any atom is 0.416 e. The maximum atomic E-state index is 13.2. The number of alkyl halides is 3. The molecule has 12 heteroatoms. The predicted molar refractivity (Wildman–Crippen MR) is 146 cm³/mol. The number of carbonyl (C=O) groups is 1. The number of ether oxygens (including phenoxy) is 1. The van der Waals surface area contributed by atoms with Crippen molar-refractivity contribution in [3.63, 3.8) is 0 Å². The minimum atomic E-state index is -4.48. The Hall–Kier alpha value is -2.54. The number of rotatable bonds is 11. The van der Waals surface area contributed by atoms with Gasteiger partial charge in [0.25, 0.3) is 0 Å². The lowest BCUT2D eigenvalue weighted by molar-refractivity contribution is -0.137. The summed E-state index contributed by atoms with van der Waals surface area (Å²) in [7, 11) is 1.64. The Labute approximate surface area is 236 Å². The Kier molecular flexibility index (Phi) is 10.6. The van der Waals surface area contributed by atoms with Crippen LogP contribution in [-0.4, -0.2) is 67.3 Å². The zero-order valence-electron chi connectivity index (χ0n) is 22.7. The average Bonchev–Trinajstić information content (AvgIpc) is 3.62. The fourth-order valence-corrected chi connectivity index (χ4v) is 6.73. The van der Waals surface area contributed by atoms with E-state index >= 15 is 0 Å². The average molecular weight is 583 g/mol. The number of benzene rings is 1.